The van der Waals surface area contributed by atoms with Gasteiger partial charge in [-0.15, -0.1) is 0 Å². The molecule has 0 heterocycles. The fraction of sp³-hybridized carbons (Fsp3) is 0.750. The van der Waals surface area contributed by atoms with Crippen molar-refractivity contribution in [3.05, 3.63) is 24.7 Å². The van der Waals surface area contributed by atoms with Crippen molar-refractivity contribution in [3.8, 4) is 0 Å². The lowest BCUT2D eigenvalue weighted by Gasteiger charge is -1.93. The van der Waals surface area contributed by atoms with Crippen LogP contribution in [0.5, 0.6) is 0 Å². The summed E-state index contributed by atoms with van der Waals surface area (Å²) in [5.41, 5.74) is 0. The van der Waals surface area contributed by atoms with E-state index in [1.54, 1.807) is 0 Å². The highest BCUT2D eigenvalue weighted by Gasteiger charge is 2.16. The SMILES string of the molecule is CCCCCCC=CO[P+](=O)OC=CCCCCCC. The molecule has 0 bridgehead atoms. The van der Waals surface area contributed by atoms with Gasteiger partial charge in [0.05, 0.1) is 0 Å². The van der Waals surface area contributed by atoms with E-state index in [-0.39, 0.29) is 0 Å². The van der Waals surface area contributed by atoms with Crippen molar-refractivity contribution in [3.63, 3.8) is 0 Å². The maximum Gasteiger partial charge on any atom is 0.804 e. The smallest absolute Gasteiger partial charge is 0.231 e. The third kappa shape index (κ3) is 15.2. The maximum absolute atomic E-state index is 11.3. The fourth-order valence-corrected chi connectivity index (χ4v) is 2.14. The Balaban J connectivity index is 3.39. The predicted molar refractivity (Wildman–Crippen MR) is 85.6 cm³/mol. The van der Waals surface area contributed by atoms with Gasteiger partial charge in [0.15, 0.2) is 12.5 Å². The molecule has 0 aromatic carbocycles. The topological polar surface area (TPSA) is 35.5 Å². The highest BCUT2D eigenvalue weighted by molar-refractivity contribution is 7.33. The van der Waals surface area contributed by atoms with Gasteiger partial charge in [0.2, 0.25) is 0 Å². The lowest BCUT2D eigenvalue weighted by atomic mass is 10.2. The summed E-state index contributed by atoms with van der Waals surface area (Å²) < 4.78 is 21.2. The first-order valence-electron chi connectivity index (χ1n) is 7.92. The van der Waals surface area contributed by atoms with Gasteiger partial charge in [0.1, 0.15) is 0 Å². The van der Waals surface area contributed by atoms with Crippen LogP contribution in [0.25, 0.3) is 0 Å². The molecule has 0 aromatic rings. The van der Waals surface area contributed by atoms with Crippen molar-refractivity contribution in [2.24, 2.45) is 0 Å². The first-order chi connectivity index (χ1) is 9.81. The lowest BCUT2D eigenvalue weighted by molar-refractivity contribution is 0.354. The number of allylic oxidation sites excluding steroid dienone is 2. The van der Waals surface area contributed by atoms with Gasteiger partial charge in [-0.05, 0) is 37.8 Å². The lowest BCUT2D eigenvalue weighted by Crippen LogP contribution is -1.75. The molecule has 4 heteroatoms. The van der Waals surface area contributed by atoms with Crippen molar-refractivity contribution in [2.75, 3.05) is 0 Å². The summed E-state index contributed by atoms with van der Waals surface area (Å²) in [4.78, 5) is 0. The summed E-state index contributed by atoms with van der Waals surface area (Å²) >= 11 is 0. The molecule has 0 fully saturated rings. The summed E-state index contributed by atoms with van der Waals surface area (Å²) in [5, 5.41) is 0. The van der Waals surface area contributed by atoms with E-state index >= 15 is 0 Å². The third-order valence-electron chi connectivity index (χ3n) is 2.93. The average Bonchev–Trinajstić information content (AvgIpc) is 2.45. The number of rotatable bonds is 14. The van der Waals surface area contributed by atoms with Crippen LogP contribution in [0.4, 0.5) is 0 Å². The second-order valence-electron chi connectivity index (χ2n) is 4.88. The minimum Gasteiger partial charge on any atom is -0.231 e. The van der Waals surface area contributed by atoms with E-state index in [0.29, 0.717) is 0 Å². The molecule has 0 rings (SSSR count). The van der Waals surface area contributed by atoms with E-state index in [4.69, 9.17) is 9.05 Å². The Kier molecular flexibility index (Phi) is 15.6. The largest absolute Gasteiger partial charge is 0.804 e. The molecule has 3 nitrogen and oxygen atoms in total. The molecule has 0 saturated carbocycles. The van der Waals surface area contributed by atoms with Crippen LogP contribution < -0.4 is 0 Å². The third-order valence-corrected chi connectivity index (χ3v) is 3.52. The Hall–Kier alpha value is -0.820. The van der Waals surface area contributed by atoms with Gasteiger partial charge in [0.25, 0.3) is 0 Å². The van der Waals surface area contributed by atoms with Crippen LogP contribution in [0.3, 0.4) is 0 Å². The quantitative estimate of drug-likeness (QED) is 0.205. The zero-order chi connectivity index (χ0) is 14.9. The Labute approximate surface area is 125 Å². The van der Waals surface area contributed by atoms with Gasteiger partial charge in [-0.25, -0.2) is 9.05 Å². The molecule has 0 aromatic heterocycles. The molecule has 0 unspecified atom stereocenters. The second-order valence-corrected chi connectivity index (χ2v) is 5.75. The molecule has 0 aliphatic heterocycles. The molecule has 0 atom stereocenters. The molecular weight excluding hydrogens is 271 g/mol. The number of hydrogen-bond donors (Lipinski definition) is 0. The molecule has 20 heavy (non-hydrogen) atoms. The molecule has 0 N–H and O–H groups in total. The van der Waals surface area contributed by atoms with Crippen molar-refractivity contribution in [1.82, 2.24) is 0 Å². The summed E-state index contributed by atoms with van der Waals surface area (Å²) in [7, 11) is -2.06. The summed E-state index contributed by atoms with van der Waals surface area (Å²) in [5.74, 6) is 0. The van der Waals surface area contributed by atoms with Crippen LogP contribution in [0, 0.1) is 0 Å². The molecule has 0 amide bonds. The fourth-order valence-electron chi connectivity index (χ4n) is 1.72. The molecular formula is C16H30O3P+. The van der Waals surface area contributed by atoms with Crippen molar-refractivity contribution in [1.29, 1.82) is 0 Å². The average molecular weight is 301 g/mol. The van der Waals surface area contributed by atoms with Gasteiger partial charge >= 0.3 is 8.25 Å². The van der Waals surface area contributed by atoms with Crippen LogP contribution in [-0.2, 0) is 13.6 Å². The van der Waals surface area contributed by atoms with Gasteiger partial charge < -0.3 is 0 Å². The summed E-state index contributed by atoms with van der Waals surface area (Å²) in [6.45, 7) is 4.39. The first-order valence-corrected chi connectivity index (χ1v) is 9.01. The van der Waals surface area contributed by atoms with E-state index in [9.17, 15) is 4.57 Å². The van der Waals surface area contributed by atoms with E-state index < -0.39 is 8.25 Å². The Morgan fingerprint density at radius 2 is 1.20 bits per heavy atom. The standard InChI is InChI=1S/C16H30O3P/c1-3-5-7-9-11-13-15-18-20(17)19-16-14-12-10-8-6-4-2/h13-16H,3-12H2,1-2H3/q+1. The van der Waals surface area contributed by atoms with Crippen molar-refractivity contribution < 1.29 is 13.6 Å². The zero-order valence-corrected chi connectivity index (χ0v) is 13.9. The second kappa shape index (κ2) is 16.2. The van der Waals surface area contributed by atoms with Crippen molar-refractivity contribution >= 4 is 8.25 Å². The molecule has 0 aliphatic rings. The van der Waals surface area contributed by atoms with E-state index in [2.05, 4.69) is 13.8 Å². The van der Waals surface area contributed by atoms with Crippen LogP contribution in [0.1, 0.15) is 78.1 Å². The van der Waals surface area contributed by atoms with Gasteiger partial charge in [0, 0.05) is 4.57 Å². The van der Waals surface area contributed by atoms with Crippen LogP contribution in [-0.4, -0.2) is 0 Å². The minimum absolute atomic E-state index is 0.969. The van der Waals surface area contributed by atoms with E-state index in [0.717, 1.165) is 25.7 Å². The minimum atomic E-state index is -2.06. The molecule has 0 spiro atoms. The van der Waals surface area contributed by atoms with E-state index in [1.807, 2.05) is 12.2 Å². The predicted octanol–water partition coefficient (Wildman–Crippen LogP) is 6.65. The Morgan fingerprint density at radius 3 is 1.60 bits per heavy atom. The van der Waals surface area contributed by atoms with Crippen LogP contribution in [0.2, 0.25) is 0 Å². The molecule has 0 radical (unpaired) electrons. The van der Waals surface area contributed by atoms with Gasteiger partial charge in [-0.1, -0.05) is 52.4 Å². The maximum atomic E-state index is 11.3. The van der Waals surface area contributed by atoms with Crippen LogP contribution in [0.15, 0.2) is 24.7 Å². The van der Waals surface area contributed by atoms with Gasteiger partial charge in [-0.2, -0.15) is 0 Å². The number of hydrogen-bond acceptors (Lipinski definition) is 3. The Morgan fingerprint density at radius 1 is 0.750 bits per heavy atom. The zero-order valence-electron chi connectivity index (χ0n) is 13.1. The molecule has 0 aliphatic carbocycles. The normalized spacial score (nSPS) is 12.2. The summed E-state index contributed by atoms with van der Waals surface area (Å²) in [6, 6.07) is 0. The summed E-state index contributed by atoms with van der Waals surface area (Å²) in [6.07, 6.45) is 18.5. The highest BCUT2D eigenvalue weighted by atomic mass is 31.1. The van der Waals surface area contributed by atoms with Crippen molar-refractivity contribution in [2.45, 2.75) is 78.1 Å². The molecule has 116 valence electrons. The van der Waals surface area contributed by atoms with Crippen LogP contribution >= 0.6 is 8.25 Å². The highest BCUT2D eigenvalue weighted by Crippen LogP contribution is 2.24. The first kappa shape index (κ1) is 19.2. The Bertz CT molecular complexity index is 249. The van der Waals surface area contributed by atoms with Gasteiger partial charge in [-0.3, -0.25) is 0 Å². The van der Waals surface area contributed by atoms with E-state index in [1.165, 1.54) is 51.0 Å². The number of unbranched alkanes of at least 4 members (excludes halogenated alkanes) is 8. The monoisotopic (exact) mass is 301 g/mol. The molecule has 0 saturated heterocycles.